The lowest BCUT2D eigenvalue weighted by atomic mass is 10.1. The number of hydrogen-bond donors (Lipinski definition) is 2. The average Bonchev–Trinajstić information content (AvgIpc) is 2.55. The third-order valence-corrected chi connectivity index (χ3v) is 2.10. The molecule has 2 rings (SSSR count). The predicted molar refractivity (Wildman–Crippen MR) is 42.0 cm³/mol. The summed E-state index contributed by atoms with van der Waals surface area (Å²) in [7, 11) is 0. The molecule has 1 fully saturated rings. The molecule has 12 heavy (non-hydrogen) atoms. The van der Waals surface area contributed by atoms with Crippen molar-refractivity contribution in [3.8, 4) is 0 Å². The summed E-state index contributed by atoms with van der Waals surface area (Å²) in [6.45, 7) is 1.43. The van der Waals surface area contributed by atoms with Gasteiger partial charge in [0.1, 0.15) is 0 Å². The van der Waals surface area contributed by atoms with Crippen molar-refractivity contribution in [3.05, 3.63) is 35.9 Å². The molecule has 1 heterocycles. The number of epoxide rings is 1. The Morgan fingerprint density at radius 2 is 1.67 bits per heavy atom. The Balaban J connectivity index is 2.35. The van der Waals surface area contributed by atoms with Crippen LogP contribution in [0.3, 0.4) is 0 Å². The van der Waals surface area contributed by atoms with E-state index in [0.29, 0.717) is 5.56 Å². The second kappa shape index (κ2) is 2.07. The minimum atomic E-state index is -1.51. The lowest BCUT2D eigenvalue weighted by Gasteiger charge is -2.05. The summed E-state index contributed by atoms with van der Waals surface area (Å²) in [5.41, 5.74) is 0.579. The van der Waals surface area contributed by atoms with Gasteiger partial charge in [-0.05, 0) is 6.92 Å². The van der Waals surface area contributed by atoms with Gasteiger partial charge in [0.25, 0.3) is 5.79 Å². The molecule has 0 bridgehead atoms. The van der Waals surface area contributed by atoms with Gasteiger partial charge >= 0.3 is 0 Å². The van der Waals surface area contributed by atoms with E-state index in [0.717, 1.165) is 0 Å². The van der Waals surface area contributed by atoms with Gasteiger partial charge < -0.3 is 14.9 Å². The topological polar surface area (TPSA) is 53.0 Å². The molecule has 64 valence electrons. The quantitative estimate of drug-likeness (QED) is 0.600. The van der Waals surface area contributed by atoms with Crippen LogP contribution in [0.1, 0.15) is 12.5 Å². The maximum Gasteiger partial charge on any atom is 0.250 e. The van der Waals surface area contributed by atoms with E-state index in [2.05, 4.69) is 0 Å². The zero-order chi connectivity index (χ0) is 8.82. The molecule has 3 nitrogen and oxygen atoms in total. The summed E-state index contributed by atoms with van der Waals surface area (Å²) < 4.78 is 4.79. The van der Waals surface area contributed by atoms with Crippen molar-refractivity contribution in [2.75, 3.05) is 0 Å². The van der Waals surface area contributed by atoms with Crippen molar-refractivity contribution < 1.29 is 14.9 Å². The first kappa shape index (κ1) is 7.73. The molecule has 0 aliphatic carbocycles. The molecule has 0 spiro atoms. The second-order valence-electron chi connectivity index (χ2n) is 3.09. The summed E-state index contributed by atoms with van der Waals surface area (Å²) in [4.78, 5) is 0. The minimum Gasteiger partial charge on any atom is -0.361 e. The molecule has 1 aliphatic heterocycles. The SMILES string of the molecule is CC1(O)OC1(O)c1ccccc1. The normalized spacial score (nSPS) is 39.6. The summed E-state index contributed by atoms with van der Waals surface area (Å²) in [5, 5.41) is 19.0. The zero-order valence-corrected chi connectivity index (χ0v) is 6.69. The van der Waals surface area contributed by atoms with E-state index in [1.54, 1.807) is 24.3 Å². The minimum absolute atomic E-state index is 0.579. The number of ether oxygens (including phenoxy) is 1. The van der Waals surface area contributed by atoms with Crippen LogP contribution in [0.5, 0.6) is 0 Å². The van der Waals surface area contributed by atoms with Crippen molar-refractivity contribution in [1.29, 1.82) is 0 Å². The Hall–Kier alpha value is -0.900. The van der Waals surface area contributed by atoms with Crippen LogP contribution in [0.4, 0.5) is 0 Å². The van der Waals surface area contributed by atoms with E-state index in [1.165, 1.54) is 6.92 Å². The highest BCUT2D eigenvalue weighted by Crippen LogP contribution is 2.51. The maximum atomic E-state index is 9.66. The highest BCUT2D eigenvalue weighted by atomic mass is 16.8. The zero-order valence-electron chi connectivity index (χ0n) is 6.69. The highest BCUT2D eigenvalue weighted by molar-refractivity contribution is 5.26. The fourth-order valence-electron chi connectivity index (χ4n) is 1.25. The molecule has 1 aliphatic rings. The van der Waals surface area contributed by atoms with Gasteiger partial charge in [-0.25, -0.2) is 0 Å². The highest BCUT2D eigenvalue weighted by Gasteiger charge is 2.67. The third kappa shape index (κ3) is 0.876. The fraction of sp³-hybridized carbons (Fsp3) is 0.333. The molecule has 2 N–H and O–H groups in total. The van der Waals surface area contributed by atoms with E-state index in [-0.39, 0.29) is 0 Å². The molecular formula is C9H10O3. The second-order valence-corrected chi connectivity index (χ2v) is 3.09. The summed E-state index contributed by atoms with van der Waals surface area (Å²) >= 11 is 0. The summed E-state index contributed by atoms with van der Waals surface area (Å²) in [5.74, 6) is -2.94. The maximum absolute atomic E-state index is 9.66. The lowest BCUT2D eigenvalue weighted by Crippen LogP contribution is -2.19. The van der Waals surface area contributed by atoms with Crippen LogP contribution in [-0.4, -0.2) is 16.0 Å². The van der Waals surface area contributed by atoms with Crippen LogP contribution in [0.25, 0.3) is 0 Å². The van der Waals surface area contributed by atoms with Crippen LogP contribution < -0.4 is 0 Å². The number of rotatable bonds is 1. The molecule has 0 radical (unpaired) electrons. The van der Waals surface area contributed by atoms with Crippen LogP contribution >= 0.6 is 0 Å². The Kier molecular flexibility index (Phi) is 1.33. The third-order valence-electron chi connectivity index (χ3n) is 2.10. The van der Waals surface area contributed by atoms with Crippen LogP contribution in [0.15, 0.2) is 30.3 Å². The Morgan fingerprint density at radius 1 is 1.17 bits per heavy atom. The summed E-state index contributed by atoms with van der Waals surface area (Å²) in [6, 6.07) is 8.82. The molecule has 0 amide bonds. The van der Waals surface area contributed by atoms with Gasteiger partial charge in [0.2, 0.25) is 5.79 Å². The van der Waals surface area contributed by atoms with E-state index in [4.69, 9.17) is 4.74 Å². The average molecular weight is 166 g/mol. The number of hydrogen-bond acceptors (Lipinski definition) is 3. The smallest absolute Gasteiger partial charge is 0.250 e. The Morgan fingerprint density at radius 3 is 2.08 bits per heavy atom. The monoisotopic (exact) mass is 166 g/mol. The summed E-state index contributed by atoms with van der Waals surface area (Å²) in [6.07, 6.45) is 0. The van der Waals surface area contributed by atoms with Gasteiger partial charge in [-0.3, -0.25) is 0 Å². The van der Waals surface area contributed by atoms with E-state index in [9.17, 15) is 10.2 Å². The van der Waals surface area contributed by atoms with Gasteiger partial charge in [-0.1, -0.05) is 30.3 Å². The van der Waals surface area contributed by atoms with Gasteiger partial charge in [0, 0.05) is 5.56 Å². The molecule has 1 saturated heterocycles. The van der Waals surface area contributed by atoms with Crippen LogP contribution in [-0.2, 0) is 10.5 Å². The Bertz CT molecular complexity index is 294. The van der Waals surface area contributed by atoms with E-state index in [1.807, 2.05) is 6.07 Å². The molecule has 1 aromatic rings. The van der Waals surface area contributed by atoms with E-state index >= 15 is 0 Å². The number of benzene rings is 1. The largest absolute Gasteiger partial charge is 0.361 e. The molecule has 2 unspecified atom stereocenters. The van der Waals surface area contributed by atoms with E-state index < -0.39 is 11.6 Å². The van der Waals surface area contributed by atoms with Gasteiger partial charge in [0.15, 0.2) is 0 Å². The first-order chi connectivity index (χ1) is 5.56. The molecule has 1 aromatic carbocycles. The standard InChI is InChI=1S/C9H10O3/c1-8(10)9(11,12-8)7-5-3-2-4-6-7/h2-6,10-11H,1H3. The van der Waals surface area contributed by atoms with Crippen LogP contribution in [0.2, 0.25) is 0 Å². The van der Waals surface area contributed by atoms with Crippen molar-refractivity contribution in [2.45, 2.75) is 18.5 Å². The number of aliphatic hydroxyl groups is 2. The van der Waals surface area contributed by atoms with Crippen molar-refractivity contribution in [2.24, 2.45) is 0 Å². The van der Waals surface area contributed by atoms with Gasteiger partial charge in [-0.2, -0.15) is 0 Å². The first-order valence-corrected chi connectivity index (χ1v) is 3.77. The van der Waals surface area contributed by atoms with Gasteiger partial charge in [0.05, 0.1) is 0 Å². The van der Waals surface area contributed by atoms with Crippen molar-refractivity contribution in [1.82, 2.24) is 0 Å². The van der Waals surface area contributed by atoms with Crippen molar-refractivity contribution in [3.63, 3.8) is 0 Å². The molecule has 2 atom stereocenters. The fourth-order valence-corrected chi connectivity index (χ4v) is 1.25. The molecular weight excluding hydrogens is 156 g/mol. The lowest BCUT2D eigenvalue weighted by molar-refractivity contribution is 0.0252. The molecule has 0 aromatic heterocycles. The first-order valence-electron chi connectivity index (χ1n) is 3.77. The van der Waals surface area contributed by atoms with Gasteiger partial charge in [-0.15, -0.1) is 0 Å². The van der Waals surface area contributed by atoms with Crippen molar-refractivity contribution >= 4 is 0 Å². The van der Waals surface area contributed by atoms with Crippen LogP contribution in [0, 0.1) is 0 Å². The Labute approximate surface area is 70.2 Å². The predicted octanol–water partition coefficient (Wildman–Crippen LogP) is 0.570. The molecule has 0 saturated carbocycles. The molecule has 3 heteroatoms.